The Hall–Kier alpha value is -0.520. The minimum Gasteiger partial charge on any atom is -0.369 e. The van der Waals surface area contributed by atoms with Crippen LogP contribution in [0.15, 0.2) is 0 Å². The van der Waals surface area contributed by atoms with Crippen molar-refractivity contribution in [3.63, 3.8) is 0 Å². The summed E-state index contributed by atoms with van der Waals surface area (Å²) in [5.41, 5.74) is 5.78. The van der Waals surface area contributed by atoms with Gasteiger partial charge in [0.05, 0.1) is 6.61 Å². The molecule has 0 saturated heterocycles. The Morgan fingerprint density at radius 1 is 1.33 bits per heavy atom. The van der Waals surface area contributed by atoms with Gasteiger partial charge in [0.25, 0.3) is 0 Å². The Labute approximate surface area is 74.5 Å². The first kappa shape index (κ1) is 9.57. The number of ether oxygens (including phenoxy) is 1. The Morgan fingerprint density at radius 2 is 2.00 bits per heavy atom. The maximum atomic E-state index is 5.78. The molecule has 1 saturated carbocycles. The highest BCUT2D eigenvalue weighted by Crippen LogP contribution is 2.22. The van der Waals surface area contributed by atoms with Crippen molar-refractivity contribution >= 4 is 0 Å². The van der Waals surface area contributed by atoms with E-state index in [0.717, 1.165) is 19.4 Å². The van der Waals surface area contributed by atoms with E-state index in [9.17, 15) is 0 Å². The molecule has 1 aliphatic carbocycles. The van der Waals surface area contributed by atoms with Gasteiger partial charge in [0, 0.05) is 6.04 Å². The number of terminal acetylenes is 1. The van der Waals surface area contributed by atoms with Gasteiger partial charge in [-0.05, 0) is 31.6 Å². The van der Waals surface area contributed by atoms with Gasteiger partial charge in [0.2, 0.25) is 0 Å². The van der Waals surface area contributed by atoms with Crippen molar-refractivity contribution in [3.8, 4) is 12.3 Å². The molecule has 2 N–H and O–H groups in total. The average Bonchev–Trinajstić information content (AvgIpc) is 2.09. The molecular formula is C10H17NO. The predicted molar refractivity (Wildman–Crippen MR) is 49.6 cm³/mol. The summed E-state index contributed by atoms with van der Waals surface area (Å²) in [6.07, 6.45) is 9.76. The van der Waals surface area contributed by atoms with E-state index in [4.69, 9.17) is 16.9 Å². The molecule has 2 nitrogen and oxygen atoms in total. The highest BCUT2D eigenvalue weighted by Gasteiger charge is 2.17. The summed E-state index contributed by atoms with van der Waals surface area (Å²) in [5.74, 6) is 3.16. The SMILES string of the molecule is C#CCOCC1CCC(N)CC1. The third-order valence-corrected chi connectivity index (χ3v) is 2.43. The number of rotatable bonds is 3. The molecule has 0 unspecified atom stereocenters. The first-order valence-corrected chi connectivity index (χ1v) is 4.59. The molecule has 0 bridgehead atoms. The predicted octanol–water partition coefficient (Wildman–Crippen LogP) is 1.15. The van der Waals surface area contributed by atoms with Gasteiger partial charge in [0.1, 0.15) is 6.61 Å². The summed E-state index contributed by atoms with van der Waals surface area (Å²) in [4.78, 5) is 0. The summed E-state index contributed by atoms with van der Waals surface area (Å²) < 4.78 is 5.28. The molecule has 0 atom stereocenters. The van der Waals surface area contributed by atoms with E-state index in [1.807, 2.05) is 0 Å². The second-order valence-corrected chi connectivity index (χ2v) is 3.50. The molecule has 0 spiro atoms. The highest BCUT2D eigenvalue weighted by atomic mass is 16.5. The van der Waals surface area contributed by atoms with Crippen LogP contribution in [0.2, 0.25) is 0 Å². The molecule has 0 amide bonds. The lowest BCUT2D eigenvalue weighted by Gasteiger charge is -2.25. The average molecular weight is 167 g/mol. The van der Waals surface area contributed by atoms with Crippen LogP contribution < -0.4 is 5.73 Å². The molecule has 0 aromatic heterocycles. The van der Waals surface area contributed by atoms with E-state index < -0.39 is 0 Å². The molecule has 0 aromatic rings. The van der Waals surface area contributed by atoms with Crippen LogP contribution in [0, 0.1) is 18.3 Å². The molecule has 1 rings (SSSR count). The Kier molecular flexibility index (Phi) is 4.13. The van der Waals surface area contributed by atoms with E-state index >= 15 is 0 Å². The Morgan fingerprint density at radius 3 is 2.58 bits per heavy atom. The smallest absolute Gasteiger partial charge is 0.107 e. The van der Waals surface area contributed by atoms with Gasteiger partial charge in [-0.25, -0.2) is 0 Å². The molecule has 0 aliphatic heterocycles. The minimum atomic E-state index is 0.425. The van der Waals surface area contributed by atoms with E-state index in [2.05, 4.69) is 5.92 Å². The molecule has 12 heavy (non-hydrogen) atoms. The van der Waals surface area contributed by atoms with E-state index in [0.29, 0.717) is 18.6 Å². The standard InChI is InChI=1S/C10H17NO/c1-2-7-12-8-9-3-5-10(11)6-4-9/h1,9-10H,3-8,11H2. The second-order valence-electron chi connectivity index (χ2n) is 3.50. The van der Waals surface area contributed by atoms with Gasteiger partial charge in [-0.15, -0.1) is 6.42 Å². The van der Waals surface area contributed by atoms with Gasteiger partial charge in [-0.1, -0.05) is 5.92 Å². The second kappa shape index (κ2) is 5.18. The van der Waals surface area contributed by atoms with Crippen molar-refractivity contribution < 1.29 is 4.74 Å². The topological polar surface area (TPSA) is 35.2 Å². The monoisotopic (exact) mass is 167 g/mol. The Bertz CT molecular complexity index is 154. The normalized spacial score (nSPS) is 29.7. The number of hydrogen-bond acceptors (Lipinski definition) is 2. The summed E-state index contributed by atoms with van der Waals surface area (Å²) in [5, 5.41) is 0. The summed E-state index contributed by atoms with van der Waals surface area (Å²) in [7, 11) is 0. The zero-order valence-corrected chi connectivity index (χ0v) is 7.46. The third-order valence-electron chi connectivity index (χ3n) is 2.43. The van der Waals surface area contributed by atoms with E-state index in [1.165, 1.54) is 12.8 Å². The lowest BCUT2D eigenvalue weighted by Crippen LogP contribution is -2.28. The highest BCUT2D eigenvalue weighted by molar-refractivity contribution is 4.83. The molecular weight excluding hydrogens is 150 g/mol. The fraction of sp³-hybridized carbons (Fsp3) is 0.800. The van der Waals surface area contributed by atoms with E-state index in [-0.39, 0.29) is 0 Å². The Balaban J connectivity index is 2.06. The van der Waals surface area contributed by atoms with Gasteiger partial charge in [-0.3, -0.25) is 0 Å². The molecule has 0 heterocycles. The first-order chi connectivity index (χ1) is 5.83. The van der Waals surface area contributed by atoms with Crippen molar-refractivity contribution in [2.45, 2.75) is 31.7 Å². The minimum absolute atomic E-state index is 0.425. The molecule has 1 aliphatic rings. The lowest BCUT2D eigenvalue weighted by atomic mass is 9.87. The summed E-state index contributed by atoms with van der Waals surface area (Å²) >= 11 is 0. The molecule has 1 fully saturated rings. The van der Waals surface area contributed by atoms with Crippen molar-refractivity contribution in [3.05, 3.63) is 0 Å². The third kappa shape index (κ3) is 3.25. The van der Waals surface area contributed by atoms with Gasteiger partial charge < -0.3 is 10.5 Å². The quantitative estimate of drug-likeness (QED) is 0.505. The number of hydrogen-bond donors (Lipinski definition) is 1. The van der Waals surface area contributed by atoms with Gasteiger partial charge >= 0.3 is 0 Å². The van der Waals surface area contributed by atoms with Crippen LogP contribution in [0.3, 0.4) is 0 Å². The van der Waals surface area contributed by atoms with Crippen LogP contribution in [0.1, 0.15) is 25.7 Å². The summed E-state index contributed by atoms with van der Waals surface area (Å²) in [6.45, 7) is 1.26. The van der Waals surface area contributed by atoms with Gasteiger partial charge in [-0.2, -0.15) is 0 Å². The lowest BCUT2D eigenvalue weighted by molar-refractivity contribution is 0.106. The van der Waals surface area contributed by atoms with Crippen LogP contribution in [-0.4, -0.2) is 19.3 Å². The first-order valence-electron chi connectivity index (χ1n) is 4.59. The molecule has 0 aromatic carbocycles. The largest absolute Gasteiger partial charge is 0.369 e. The van der Waals surface area contributed by atoms with Crippen molar-refractivity contribution in [1.82, 2.24) is 0 Å². The van der Waals surface area contributed by atoms with Crippen LogP contribution in [-0.2, 0) is 4.74 Å². The van der Waals surface area contributed by atoms with Crippen LogP contribution in [0.25, 0.3) is 0 Å². The zero-order valence-electron chi connectivity index (χ0n) is 7.46. The molecule has 68 valence electrons. The van der Waals surface area contributed by atoms with Crippen LogP contribution in [0.4, 0.5) is 0 Å². The maximum Gasteiger partial charge on any atom is 0.107 e. The number of nitrogens with two attached hydrogens (primary N) is 1. The van der Waals surface area contributed by atoms with E-state index in [1.54, 1.807) is 0 Å². The van der Waals surface area contributed by atoms with Gasteiger partial charge in [0.15, 0.2) is 0 Å². The fourth-order valence-corrected chi connectivity index (χ4v) is 1.64. The van der Waals surface area contributed by atoms with Crippen LogP contribution >= 0.6 is 0 Å². The molecule has 0 radical (unpaired) electrons. The summed E-state index contributed by atoms with van der Waals surface area (Å²) in [6, 6.07) is 0.425. The fourth-order valence-electron chi connectivity index (χ4n) is 1.64. The molecule has 2 heteroatoms. The van der Waals surface area contributed by atoms with Crippen molar-refractivity contribution in [2.75, 3.05) is 13.2 Å². The van der Waals surface area contributed by atoms with Crippen LogP contribution in [0.5, 0.6) is 0 Å². The van der Waals surface area contributed by atoms with Crippen molar-refractivity contribution in [1.29, 1.82) is 0 Å². The zero-order chi connectivity index (χ0) is 8.81. The maximum absolute atomic E-state index is 5.78. The van der Waals surface area contributed by atoms with Crippen molar-refractivity contribution in [2.24, 2.45) is 11.7 Å².